The summed E-state index contributed by atoms with van der Waals surface area (Å²) in [6.45, 7) is 4.62. The smallest absolute Gasteiger partial charge is 0.229 e. The van der Waals surface area contributed by atoms with Crippen LogP contribution in [0.25, 0.3) is 0 Å². The number of carbonyl (C=O) groups is 2. The number of carbonyl (C=O) groups excluding carboxylic acids is 2. The Morgan fingerprint density at radius 1 is 0.852 bits per heavy atom. The summed E-state index contributed by atoms with van der Waals surface area (Å²) in [4.78, 5) is 26.7. The van der Waals surface area contributed by atoms with E-state index in [9.17, 15) is 9.59 Å². The standard InChI is InChI=1S/C22H35NO4/c1-5-7-9-11-21(24)23(22(25)12-10-8-6-2)16-15-18-13-14-19(26-3)20(17-18)27-4/h13-14,17H,5-12,15-16H2,1-4H3. The number of hydrogen-bond acceptors (Lipinski definition) is 4. The molecular formula is C22H35NO4. The SMILES string of the molecule is CCCCCC(=O)N(CCc1ccc(OC)c(OC)c1)C(=O)CCCCC. The van der Waals surface area contributed by atoms with E-state index in [1.807, 2.05) is 18.2 Å². The second-order valence-corrected chi connectivity index (χ2v) is 6.79. The van der Waals surface area contributed by atoms with E-state index in [1.165, 1.54) is 4.90 Å². The molecule has 0 N–H and O–H groups in total. The maximum atomic E-state index is 12.6. The Bertz CT molecular complexity index is 564. The van der Waals surface area contributed by atoms with Crippen molar-refractivity contribution in [2.45, 2.75) is 71.6 Å². The summed E-state index contributed by atoms with van der Waals surface area (Å²) in [6.07, 6.45) is 7.32. The van der Waals surface area contributed by atoms with Crippen LogP contribution in [0, 0.1) is 0 Å². The predicted molar refractivity (Wildman–Crippen MR) is 108 cm³/mol. The fraction of sp³-hybridized carbons (Fsp3) is 0.636. The van der Waals surface area contributed by atoms with Gasteiger partial charge in [0, 0.05) is 19.4 Å². The monoisotopic (exact) mass is 377 g/mol. The molecule has 5 heteroatoms. The third kappa shape index (κ3) is 8.02. The van der Waals surface area contributed by atoms with E-state index in [1.54, 1.807) is 14.2 Å². The second-order valence-electron chi connectivity index (χ2n) is 6.79. The predicted octanol–water partition coefficient (Wildman–Crippen LogP) is 4.76. The largest absolute Gasteiger partial charge is 0.493 e. The number of amides is 2. The van der Waals surface area contributed by atoms with Crippen LogP contribution in [-0.2, 0) is 16.0 Å². The summed E-state index contributed by atoms with van der Waals surface area (Å²) < 4.78 is 10.6. The van der Waals surface area contributed by atoms with Gasteiger partial charge in [0.1, 0.15) is 0 Å². The zero-order chi connectivity index (χ0) is 20.1. The van der Waals surface area contributed by atoms with Gasteiger partial charge >= 0.3 is 0 Å². The second kappa shape index (κ2) is 13.2. The Hall–Kier alpha value is -2.04. The van der Waals surface area contributed by atoms with Crippen molar-refractivity contribution in [1.82, 2.24) is 4.90 Å². The first kappa shape index (κ1) is 23.0. The molecule has 0 atom stereocenters. The Labute approximate surface area is 164 Å². The van der Waals surface area contributed by atoms with E-state index >= 15 is 0 Å². The molecule has 0 unspecified atom stereocenters. The van der Waals surface area contributed by atoms with Crippen molar-refractivity contribution in [3.63, 3.8) is 0 Å². The third-order valence-corrected chi connectivity index (χ3v) is 4.66. The van der Waals surface area contributed by atoms with Gasteiger partial charge in [0.15, 0.2) is 11.5 Å². The van der Waals surface area contributed by atoms with E-state index in [0.717, 1.165) is 44.1 Å². The lowest BCUT2D eigenvalue weighted by molar-refractivity contribution is -0.145. The first-order valence-corrected chi connectivity index (χ1v) is 10.1. The number of imide groups is 1. The van der Waals surface area contributed by atoms with Gasteiger partial charge in [-0.05, 0) is 37.0 Å². The normalized spacial score (nSPS) is 10.5. The van der Waals surface area contributed by atoms with Gasteiger partial charge in [-0.15, -0.1) is 0 Å². The van der Waals surface area contributed by atoms with Crippen LogP contribution < -0.4 is 9.47 Å². The van der Waals surface area contributed by atoms with Crippen molar-refractivity contribution >= 4 is 11.8 Å². The van der Waals surface area contributed by atoms with Crippen LogP contribution in [0.5, 0.6) is 11.5 Å². The van der Waals surface area contributed by atoms with Gasteiger partial charge in [-0.25, -0.2) is 0 Å². The molecule has 0 radical (unpaired) electrons. The summed E-state index contributed by atoms with van der Waals surface area (Å²) >= 11 is 0. The first-order chi connectivity index (χ1) is 13.1. The summed E-state index contributed by atoms with van der Waals surface area (Å²) in [7, 11) is 3.20. The van der Waals surface area contributed by atoms with Crippen LogP contribution in [0.4, 0.5) is 0 Å². The molecular weight excluding hydrogens is 342 g/mol. The molecule has 0 bridgehead atoms. The number of unbranched alkanes of at least 4 members (excludes halogenated alkanes) is 4. The minimum Gasteiger partial charge on any atom is -0.493 e. The molecule has 0 fully saturated rings. The fourth-order valence-electron chi connectivity index (χ4n) is 2.99. The molecule has 1 aromatic rings. The average molecular weight is 378 g/mol. The molecule has 0 heterocycles. The molecule has 1 aromatic carbocycles. The number of nitrogens with zero attached hydrogens (tertiary/aromatic N) is 1. The van der Waals surface area contributed by atoms with E-state index in [0.29, 0.717) is 37.3 Å². The van der Waals surface area contributed by atoms with Crippen LogP contribution in [0.3, 0.4) is 0 Å². The van der Waals surface area contributed by atoms with E-state index in [-0.39, 0.29) is 11.8 Å². The van der Waals surface area contributed by atoms with Gasteiger partial charge in [0.2, 0.25) is 11.8 Å². The van der Waals surface area contributed by atoms with Crippen LogP contribution in [0.2, 0.25) is 0 Å². The van der Waals surface area contributed by atoms with Crippen LogP contribution in [0.1, 0.15) is 70.8 Å². The van der Waals surface area contributed by atoms with E-state index in [4.69, 9.17) is 9.47 Å². The van der Waals surface area contributed by atoms with Gasteiger partial charge in [0.25, 0.3) is 0 Å². The van der Waals surface area contributed by atoms with Crippen molar-refractivity contribution in [2.24, 2.45) is 0 Å². The minimum atomic E-state index is -0.0505. The Balaban J connectivity index is 2.77. The quantitative estimate of drug-likeness (QED) is 0.465. The number of ether oxygens (including phenoxy) is 2. The van der Waals surface area contributed by atoms with Crippen molar-refractivity contribution < 1.29 is 19.1 Å². The minimum absolute atomic E-state index is 0.0505. The maximum absolute atomic E-state index is 12.6. The highest BCUT2D eigenvalue weighted by atomic mass is 16.5. The molecule has 0 aliphatic heterocycles. The van der Waals surface area contributed by atoms with Gasteiger partial charge in [-0.1, -0.05) is 45.6 Å². The van der Waals surface area contributed by atoms with Crippen LogP contribution in [0.15, 0.2) is 18.2 Å². The maximum Gasteiger partial charge on any atom is 0.229 e. The Morgan fingerprint density at radius 3 is 1.89 bits per heavy atom. The lowest BCUT2D eigenvalue weighted by Crippen LogP contribution is -2.38. The van der Waals surface area contributed by atoms with Crippen LogP contribution in [-0.4, -0.2) is 37.5 Å². The first-order valence-electron chi connectivity index (χ1n) is 10.1. The molecule has 0 spiro atoms. The molecule has 5 nitrogen and oxygen atoms in total. The highest BCUT2D eigenvalue weighted by Crippen LogP contribution is 2.27. The van der Waals surface area contributed by atoms with E-state index < -0.39 is 0 Å². The molecule has 1 rings (SSSR count). The number of methoxy groups -OCH3 is 2. The molecule has 2 amide bonds. The van der Waals surface area contributed by atoms with Gasteiger partial charge < -0.3 is 9.47 Å². The summed E-state index contributed by atoms with van der Waals surface area (Å²) in [5.41, 5.74) is 1.01. The molecule has 0 saturated heterocycles. The van der Waals surface area contributed by atoms with Crippen molar-refractivity contribution in [1.29, 1.82) is 0 Å². The van der Waals surface area contributed by atoms with Crippen molar-refractivity contribution in [3.05, 3.63) is 23.8 Å². The molecule has 27 heavy (non-hydrogen) atoms. The third-order valence-electron chi connectivity index (χ3n) is 4.66. The zero-order valence-electron chi connectivity index (χ0n) is 17.4. The van der Waals surface area contributed by atoms with Gasteiger partial charge in [-0.2, -0.15) is 0 Å². The van der Waals surface area contributed by atoms with Crippen molar-refractivity contribution in [2.75, 3.05) is 20.8 Å². The lowest BCUT2D eigenvalue weighted by Gasteiger charge is -2.21. The number of hydrogen-bond donors (Lipinski definition) is 0. The van der Waals surface area contributed by atoms with E-state index in [2.05, 4.69) is 13.8 Å². The lowest BCUT2D eigenvalue weighted by atomic mass is 10.1. The van der Waals surface area contributed by atoms with Gasteiger partial charge in [0.05, 0.1) is 14.2 Å². The molecule has 0 aliphatic carbocycles. The van der Waals surface area contributed by atoms with Gasteiger partial charge in [-0.3, -0.25) is 14.5 Å². The summed E-state index contributed by atoms with van der Waals surface area (Å²) in [5.74, 6) is 1.23. The zero-order valence-corrected chi connectivity index (χ0v) is 17.4. The fourth-order valence-corrected chi connectivity index (χ4v) is 2.99. The molecule has 152 valence electrons. The van der Waals surface area contributed by atoms with Crippen molar-refractivity contribution in [3.8, 4) is 11.5 Å². The average Bonchev–Trinajstić information content (AvgIpc) is 2.68. The van der Waals surface area contributed by atoms with Crippen LogP contribution >= 0.6 is 0 Å². The Kier molecular flexibility index (Phi) is 11.2. The molecule has 0 saturated carbocycles. The highest BCUT2D eigenvalue weighted by molar-refractivity contribution is 5.95. The summed E-state index contributed by atoms with van der Waals surface area (Å²) in [6, 6.07) is 5.70. The highest BCUT2D eigenvalue weighted by Gasteiger charge is 2.20. The molecule has 0 aliphatic rings. The topological polar surface area (TPSA) is 55.8 Å². The Morgan fingerprint density at radius 2 is 1.41 bits per heavy atom. The number of rotatable bonds is 13. The molecule has 0 aromatic heterocycles. The number of benzene rings is 1. The summed E-state index contributed by atoms with van der Waals surface area (Å²) in [5, 5.41) is 0.